The van der Waals surface area contributed by atoms with E-state index in [1.165, 1.54) is 12.3 Å². The Morgan fingerprint density at radius 2 is 1.74 bits per heavy atom. The van der Waals surface area contributed by atoms with E-state index in [-0.39, 0.29) is 6.04 Å². The van der Waals surface area contributed by atoms with E-state index >= 15 is 0 Å². The summed E-state index contributed by atoms with van der Waals surface area (Å²) in [5.74, 6) is 0.931. The maximum absolute atomic E-state index is 13.6. The van der Waals surface area contributed by atoms with Gasteiger partial charge in [-0.15, -0.1) is 0 Å². The first kappa shape index (κ1) is 16.9. The van der Waals surface area contributed by atoms with Crippen LogP contribution in [0.1, 0.15) is 24.4 Å². The highest BCUT2D eigenvalue weighted by Crippen LogP contribution is 2.28. The van der Waals surface area contributed by atoms with Crippen LogP contribution >= 0.6 is 0 Å². The van der Waals surface area contributed by atoms with E-state index in [9.17, 15) is 4.39 Å². The first-order valence-corrected chi connectivity index (χ1v) is 8.43. The van der Waals surface area contributed by atoms with E-state index in [1.54, 1.807) is 18.2 Å². The average molecular weight is 363 g/mol. The highest BCUT2D eigenvalue weighted by molar-refractivity contribution is 5.77. The molecule has 0 saturated carbocycles. The molecule has 4 N–H and O–H groups in total. The number of nitrogens with zero attached hydrogens (tertiary/aromatic N) is 5. The summed E-state index contributed by atoms with van der Waals surface area (Å²) in [4.78, 5) is 17.0. The molecule has 4 aromatic heterocycles. The quantitative estimate of drug-likeness (QED) is 0.541. The van der Waals surface area contributed by atoms with Crippen molar-refractivity contribution >= 4 is 22.8 Å². The molecule has 4 rings (SSSR count). The number of nitrogens with two attached hydrogens (primary N) is 2. The Bertz CT molecular complexity index is 1130. The predicted molar refractivity (Wildman–Crippen MR) is 102 cm³/mol. The van der Waals surface area contributed by atoms with Crippen molar-refractivity contribution in [1.29, 1.82) is 0 Å². The summed E-state index contributed by atoms with van der Waals surface area (Å²) in [6.07, 6.45) is 1.46. The minimum atomic E-state index is -0.516. The van der Waals surface area contributed by atoms with Crippen LogP contribution in [0.15, 0.2) is 42.6 Å². The number of rotatable bonds is 3. The molecule has 0 saturated heterocycles. The Morgan fingerprint density at radius 3 is 2.44 bits per heavy atom. The molecule has 0 aliphatic heterocycles. The number of aryl methyl sites for hydroxylation is 1. The molecule has 4 aromatic rings. The number of anilines is 2. The summed E-state index contributed by atoms with van der Waals surface area (Å²) in [5.41, 5.74) is 15.3. The van der Waals surface area contributed by atoms with Gasteiger partial charge >= 0.3 is 0 Å². The van der Waals surface area contributed by atoms with Crippen molar-refractivity contribution in [3.63, 3.8) is 0 Å². The average Bonchev–Trinajstić information content (AvgIpc) is 2.95. The first-order valence-electron chi connectivity index (χ1n) is 8.43. The Labute approximate surface area is 154 Å². The van der Waals surface area contributed by atoms with E-state index in [0.717, 1.165) is 22.5 Å². The fourth-order valence-electron chi connectivity index (χ4n) is 3.26. The van der Waals surface area contributed by atoms with Crippen LogP contribution < -0.4 is 11.5 Å². The molecular formula is C19H18FN7. The van der Waals surface area contributed by atoms with Gasteiger partial charge in [-0.2, -0.15) is 4.39 Å². The lowest BCUT2D eigenvalue weighted by Crippen LogP contribution is -2.10. The minimum Gasteiger partial charge on any atom is -0.384 e. The topological polar surface area (TPSA) is 109 Å². The van der Waals surface area contributed by atoms with Crippen molar-refractivity contribution in [2.45, 2.75) is 19.9 Å². The third-order valence-electron chi connectivity index (χ3n) is 4.49. The number of halogens is 1. The molecule has 1 unspecified atom stereocenters. The van der Waals surface area contributed by atoms with Gasteiger partial charge in [0.2, 0.25) is 5.95 Å². The number of aromatic nitrogens is 5. The van der Waals surface area contributed by atoms with Crippen LogP contribution in [0, 0.1) is 12.9 Å². The molecule has 4 heterocycles. The second kappa shape index (κ2) is 6.31. The number of hydrogen-bond donors (Lipinski definition) is 2. The lowest BCUT2D eigenvalue weighted by atomic mass is 10.1. The molecule has 0 amide bonds. The van der Waals surface area contributed by atoms with E-state index in [4.69, 9.17) is 16.5 Å². The molecule has 0 radical (unpaired) electrons. The van der Waals surface area contributed by atoms with Crippen LogP contribution in [0.2, 0.25) is 0 Å². The molecule has 7 nitrogen and oxygen atoms in total. The summed E-state index contributed by atoms with van der Waals surface area (Å²) in [5, 5.41) is 0. The Hall–Kier alpha value is -3.55. The van der Waals surface area contributed by atoms with Gasteiger partial charge in [0.1, 0.15) is 23.0 Å². The van der Waals surface area contributed by atoms with Crippen LogP contribution in [0.5, 0.6) is 0 Å². The zero-order valence-corrected chi connectivity index (χ0v) is 14.9. The van der Waals surface area contributed by atoms with Crippen molar-refractivity contribution in [2.75, 3.05) is 11.5 Å². The third-order valence-corrected chi connectivity index (χ3v) is 4.49. The summed E-state index contributed by atoms with van der Waals surface area (Å²) < 4.78 is 15.5. The number of nitrogen functional groups attached to an aromatic ring is 2. The van der Waals surface area contributed by atoms with Gasteiger partial charge in [0, 0.05) is 11.8 Å². The summed E-state index contributed by atoms with van der Waals surface area (Å²) in [7, 11) is 0. The van der Waals surface area contributed by atoms with E-state index in [0.29, 0.717) is 23.0 Å². The van der Waals surface area contributed by atoms with E-state index in [1.807, 2.05) is 30.5 Å². The minimum absolute atomic E-state index is 0.164. The van der Waals surface area contributed by atoms with Crippen LogP contribution in [-0.4, -0.2) is 24.5 Å². The van der Waals surface area contributed by atoms with Gasteiger partial charge in [-0.05, 0) is 55.8 Å². The van der Waals surface area contributed by atoms with Gasteiger partial charge in [-0.3, -0.25) is 0 Å². The van der Waals surface area contributed by atoms with Gasteiger partial charge in [0.25, 0.3) is 0 Å². The number of pyridine rings is 3. The number of hydrogen-bond acceptors (Lipinski definition) is 6. The normalized spacial score (nSPS) is 12.4. The Kier molecular flexibility index (Phi) is 3.95. The van der Waals surface area contributed by atoms with Crippen LogP contribution in [-0.2, 0) is 0 Å². The molecule has 0 aromatic carbocycles. The molecule has 0 spiro atoms. The summed E-state index contributed by atoms with van der Waals surface area (Å²) in [6.45, 7) is 3.87. The maximum atomic E-state index is 13.6. The zero-order valence-electron chi connectivity index (χ0n) is 14.9. The SMILES string of the molecule is Cc1nc2ccc(-c3cc(N)nc(N)c3)nc2n1C(C)c1ccnc(F)c1. The van der Waals surface area contributed by atoms with Crippen molar-refractivity contribution in [1.82, 2.24) is 24.5 Å². The lowest BCUT2D eigenvalue weighted by Gasteiger charge is -2.16. The predicted octanol–water partition coefficient (Wildman–Crippen LogP) is 3.11. The van der Waals surface area contributed by atoms with Crippen molar-refractivity contribution in [3.8, 4) is 11.3 Å². The van der Waals surface area contributed by atoms with Gasteiger partial charge in [0.05, 0.1) is 11.7 Å². The smallest absolute Gasteiger partial charge is 0.213 e. The summed E-state index contributed by atoms with van der Waals surface area (Å²) in [6, 6.07) is 10.2. The second-order valence-electron chi connectivity index (χ2n) is 6.36. The molecule has 8 heteroatoms. The van der Waals surface area contributed by atoms with Crippen molar-refractivity contribution in [3.05, 3.63) is 59.9 Å². The monoisotopic (exact) mass is 363 g/mol. The largest absolute Gasteiger partial charge is 0.384 e. The third kappa shape index (κ3) is 3.05. The van der Waals surface area contributed by atoms with Gasteiger partial charge in [0.15, 0.2) is 5.65 Å². The fourth-order valence-corrected chi connectivity index (χ4v) is 3.26. The van der Waals surface area contributed by atoms with Gasteiger partial charge < -0.3 is 16.0 Å². The molecular weight excluding hydrogens is 345 g/mol. The molecule has 0 aliphatic carbocycles. The molecule has 0 aliphatic rings. The molecule has 1 atom stereocenters. The lowest BCUT2D eigenvalue weighted by molar-refractivity contribution is 0.569. The van der Waals surface area contributed by atoms with Gasteiger partial charge in [-0.25, -0.2) is 19.9 Å². The Morgan fingerprint density at radius 1 is 1.00 bits per heavy atom. The highest BCUT2D eigenvalue weighted by Gasteiger charge is 2.17. The molecule has 27 heavy (non-hydrogen) atoms. The van der Waals surface area contributed by atoms with Crippen LogP contribution in [0.4, 0.5) is 16.0 Å². The van der Waals surface area contributed by atoms with E-state index in [2.05, 4.69) is 15.0 Å². The van der Waals surface area contributed by atoms with E-state index < -0.39 is 5.95 Å². The van der Waals surface area contributed by atoms with Gasteiger partial charge in [-0.1, -0.05) is 0 Å². The Balaban J connectivity index is 1.87. The first-order chi connectivity index (χ1) is 12.9. The number of fused-ring (bicyclic) bond motifs is 1. The zero-order chi connectivity index (χ0) is 19.1. The highest BCUT2D eigenvalue weighted by atomic mass is 19.1. The van der Waals surface area contributed by atoms with Crippen LogP contribution in [0.3, 0.4) is 0 Å². The standard InChI is InChI=1S/C19H18FN7/c1-10(12-5-6-23-16(20)7-12)27-11(2)24-15-4-3-14(25-19(15)27)13-8-17(21)26-18(22)9-13/h3-10H,1-2H3,(H4,21,22,26). The number of imidazole rings is 1. The fraction of sp³-hybridized carbons (Fsp3) is 0.158. The molecule has 136 valence electrons. The van der Waals surface area contributed by atoms with Crippen LogP contribution in [0.25, 0.3) is 22.4 Å². The maximum Gasteiger partial charge on any atom is 0.213 e. The summed E-state index contributed by atoms with van der Waals surface area (Å²) >= 11 is 0. The molecule has 0 fully saturated rings. The second-order valence-corrected chi connectivity index (χ2v) is 6.36. The van der Waals surface area contributed by atoms with Crippen molar-refractivity contribution in [2.24, 2.45) is 0 Å². The van der Waals surface area contributed by atoms with Crippen molar-refractivity contribution < 1.29 is 4.39 Å². The molecule has 0 bridgehead atoms.